The Balaban J connectivity index is 2.26. The van der Waals surface area contributed by atoms with Gasteiger partial charge in [-0.25, -0.2) is 4.39 Å². The quantitative estimate of drug-likeness (QED) is 0.841. The van der Waals surface area contributed by atoms with E-state index in [1.165, 1.54) is 11.3 Å². The Morgan fingerprint density at radius 2 is 1.95 bits per heavy atom. The summed E-state index contributed by atoms with van der Waals surface area (Å²) in [5.41, 5.74) is -0.360. The zero-order chi connectivity index (χ0) is 14.0. The van der Waals surface area contributed by atoms with Crippen LogP contribution in [-0.2, 0) is 12.6 Å². The summed E-state index contributed by atoms with van der Waals surface area (Å²) in [6.45, 7) is 0. The molecule has 6 heteroatoms. The van der Waals surface area contributed by atoms with E-state index in [9.17, 15) is 22.7 Å². The maximum Gasteiger partial charge on any atom is 0.416 e. The zero-order valence-corrected chi connectivity index (χ0v) is 10.4. The highest BCUT2D eigenvalue weighted by Crippen LogP contribution is 2.32. The van der Waals surface area contributed by atoms with Crippen LogP contribution in [0.15, 0.2) is 35.0 Å². The molecule has 0 aliphatic carbocycles. The summed E-state index contributed by atoms with van der Waals surface area (Å²) in [6, 6.07) is 3.88. The van der Waals surface area contributed by atoms with Gasteiger partial charge in [0.1, 0.15) is 5.82 Å². The van der Waals surface area contributed by atoms with Crippen molar-refractivity contribution in [1.29, 1.82) is 0 Å². The third kappa shape index (κ3) is 3.54. The molecule has 1 unspecified atom stereocenters. The molecule has 0 aliphatic heterocycles. The molecular weight excluding hydrogens is 280 g/mol. The van der Waals surface area contributed by atoms with E-state index in [0.29, 0.717) is 6.07 Å². The molecule has 102 valence electrons. The highest BCUT2D eigenvalue weighted by molar-refractivity contribution is 7.07. The molecule has 1 heterocycles. The van der Waals surface area contributed by atoms with Gasteiger partial charge in [0.15, 0.2) is 0 Å². The van der Waals surface area contributed by atoms with Crippen LogP contribution in [0.3, 0.4) is 0 Å². The van der Waals surface area contributed by atoms with Gasteiger partial charge in [0.25, 0.3) is 0 Å². The molecule has 1 nitrogen and oxygen atoms in total. The molecule has 0 saturated heterocycles. The van der Waals surface area contributed by atoms with E-state index in [1.807, 2.05) is 0 Å². The molecule has 0 fully saturated rings. The van der Waals surface area contributed by atoms with Gasteiger partial charge in [-0.15, -0.1) is 0 Å². The van der Waals surface area contributed by atoms with E-state index >= 15 is 0 Å². The van der Waals surface area contributed by atoms with Crippen molar-refractivity contribution >= 4 is 11.3 Å². The number of alkyl halides is 3. The van der Waals surface area contributed by atoms with E-state index in [0.717, 1.165) is 17.7 Å². The molecule has 0 amide bonds. The van der Waals surface area contributed by atoms with Crippen molar-refractivity contribution in [2.45, 2.75) is 18.7 Å². The fraction of sp³-hybridized carbons (Fsp3) is 0.231. The van der Waals surface area contributed by atoms with Crippen LogP contribution in [0.2, 0.25) is 0 Å². The second-order valence-electron chi connectivity index (χ2n) is 4.12. The summed E-state index contributed by atoms with van der Waals surface area (Å²) < 4.78 is 50.8. The lowest BCUT2D eigenvalue weighted by atomic mass is 10.0. The molecule has 19 heavy (non-hydrogen) atoms. The maximum atomic E-state index is 13.2. The average molecular weight is 290 g/mol. The van der Waals surface area contributed by atoms with Crippen molar-refractivity contribution in [2.24, 2.45) is 0 Å². The minimum atomic E-state index is -4.63. The second-order valence-corrected chi connectivity index (χ2v) is 4.90. The van der Waals surface area contributed by atoms with E-state index in [-0.39, 0.29) is 12.0 Å². The third-order valence-electron chi connectivity index (χ3n) is 2.64. The molecule has 2 aromatic rings. The predicted molar refractivity (Wildman–Crippen MR) is 64.4 cm³/mol. The molecular formula is C13H10F4OS. The van der Waals surface area contributed by atoms with Crippen molar-refractivity contribution in [2.75, 3.05) is 0 Å². The van der Waals surface area contributed by atoms with E-state index in [1.54, 1.807) is 16.8 Å². The van der Waals surface area contributed by atoms with Crippen LogP contribution in [0, 0.1) is 5.82 Å². The van der Waals surface area contributed by atoms with Crippen molar-refractivity contribution < 1.29 is 22.7 Å². The Kier molecular flexibility index (Phi) is 3.91. The standard InChI is InChI=1S/C13H10F4OS/c14-11-5-9(4-10(6-11)13(15,16)17)12(18)3-8-1-2-19-7-8/h1-2,4-7,12,18H,3H2. The van der Waals surface area contributed by atoms with Gasteiger partial charge < -0.3 is 5.11 Å². The molecule has 0 bridgehead atoms. The van der Waals surface area contributed by atoms with E-state index in [4.69, 9.17) is 0 Å². The van der Waals surface area contributed by atoms with Crippen molar-refractivity contribution in [3.8, 4) is 0 Å². The van der Waals surface area contributed by atoms with Crippen LogP contribution in [0.5, 0.6) is 0 Å². The fourth-order valence-corrected chi connectivity index (χ4v) is 2.40. The van der Waals surface area contributed by atoms with Crippen LogP contribution in [0.25, 0.3) is 0 Å². The summed E-state index contributed by atoms with van der Waals surface area (Å²) in [6.07, 6.45) is -5.63. The van der Waals surface area contributed by atoms with Crippen LogP contribution < -0.4 is 0 Å². The Hall–Kier alpha value is -1.40. The normalized spacial score (nSPS) is 13.5. The zero-order valence-electron chi connectivity index (χ0n) is 9.62. The molecule has 0 aliphatic rings. The maximum absolute atomic E-state index is 13.2. The van der Waals surface area contributed by atoms with Gasteiger partial charge in [-0.05, 0) is 46.2 Å². The molecule has 1 aromatic heterocycles. The van der Waals surface area contributed by atoms with Crippen LogP contribution in [-0.4, -0.2) is 5.11 Å². The number of thiophene rings is 1. The fourth-order valence-electron chi connectivity index (χ4n) is 1.72. The van der Waals surface area contributed by atoms with Crippen molar-refractivity contribution in [3.63, 3.8) is 0 Å². The monoisotopic (exact) mass is 290 g/mol. The molecule has 0 spiro atoms. The lowest BCUT2D eigenvalue weighted by Crippen LogP contribution is -2.09. The van der Waals surface area contributed by atoms with Gasteiger partial charge in [-0.1, -0.05) is 0 Å². The molecule has 1 aromatic carbocycles. The average Bonchev–Trinajstić information content (AvgIpc) is 2.79. The first-order valence-corrected chi connectivity index (χ1v) is 6.37. The summed E-state index contributed by atoms with van der Waals surface area (Å²) in [7, 11) is 0. The van der Waals surface area contributed by atoms with Crippen molar-refractivity contribution in [1.82, 2.24) is 0 Å². The first-order chi connectivity index (χ1) is 8.86. The number of benzene rings is 1. The Bertz CT molecular complexity index is 548. The largest absolute Gasteiger partial charge is 0.416 e. The SMILES string of the molecule is OC(Cc1ccsc1)c1cc(F)cc(C(F)(F)F)c1. The van der Waals surface area contributed by atoms with E-state index in [2.05, 4.69) is 0 Å². The third-order valence-corrected chi connectivity index (χ3v) is 3.37. The second kappa shape index (κ2) is 5.30. The van der Waals surface area contributed by atoms with Gasteiger partial charge >= 0.3 is 6.18 Å². The van der Waals surface area contributed by atoms with Gasteiger partial charge in [0.05, 0.1) is 11.7 Å². The number of hydrogen-bond acceptors (Lipinski definition) is 2. The molecule has 1 atom stereocenters. The Labute approximate surface area is 111 Å². The lowest BCUT2D eigenvalue weighted by Gasteiger charge is -2.13. The van der Waals surface area contributed by atoms with Crippen LogP contribution in [0.4, 0.5) is 17.6 Å². The van der Waals surface area contributed by atoms with E-state index < -0.39 is 23.7 Å². The number of hydrogen-bond donors (Lipinski definition) is 1. The Morgan fingerprint density at radius 1 is 1.21 bits per heavy atom. The molecule has 1 N–H and O–H groups in total. The molecule has 2 rings (SSSR count). The highest BCUT2D eigenvalue weighted by atomic mass is 32.1. The smallest absolute Gasteiger partial charge is 0.388 e. The minimum absolute atomic E-state index is 0.0708. The van der Waals surface area contributed by atoms with Gasteiger partial charge in [-0.3, -0.25) is 0 Å². The minimum Gasteiger partial charge on any atom is -0.388 e. The van der Waals surface area contributed by atoms with Gasteiger partial charge in [0, 0.05) is 6.42 Å². The first-order valence-electron chi connectivity index (χ1n) is 5.43. The summed E-state index contributed by atoms with van der Waals surface area (Å²) in [5, 5.41) is 13.5. The van der Waals surface area contributed by atoms with Crippen molar-refractivity contribution in [3.05, 3.63) is 57.5 Å². The van der Waals surface area contributed by atoms with Crippen LogP contribution in [0.1, 0.15) is 22.8 Å². The Morgan fingerprint density at radius 3 is 2.53 bits per heavy atom. The molecule has 0 saturated carbocycles. The van der Waals surface area contributed by atoms with Gasteiger partial charge in [-0.2, -0.15) is 24.5 Å². The number of aliphatic hydroxyl groups excluding tert-OH is 1. The highest BCUT2D eigenvalue weighted by Gasteiger charge is 2.31. The number of rotatable bonds is 3. The van der Waals surface area contributed by atoms with Gasteiger partial charge in [0.2, 0.25) is 0 Å². The number of aliphatic hydroxyl groups is 1. The first kappa shape index (κ1) is 14.0. The predicted octanol–water partition coefficient (Wildman–Crippen LogP) is 4.18. The lowest BCUT2D eigenvalue weighted by molar-refractivity contribution is -0.137. The summed E-state index contributed by atoms with van der Waals surface area (Å²) in [4.78, 5) is 0. The summed E-state index contributed by atoms with van der Waals surface area (Å²) >= 11 is 1.42. The van der Waals surface area contributed by atoms with Crippen LogP contribution >= 0.6 is 11.3 Å². The summed E-state index contributed by atoms with van der Waals surface area (Å²) in [5.74, 6) is -1.01. The topological polar surface area (TPSA) is 20.2 Å². The number of halogens is 4. The molecule has 0 radical (unpaired) electrons.